The van der Waals surface area contributed by atoms with Crippen molar-refractivity contribution < 1.29 is 14.4 Å². The Balaban J connectivity index is 1.91. The first-order valence-corrected chi connectivity index (χ1v) is 7.83. The predicted molar refractivity (Wildman–Crippen MR) is 86.1 cm³/mol. The fourth-order valence-electron chi connectivity index (χ4n) is 1.95. The first-order chi connectivity index (χ1) is 11.1. The standard InChI is InChI=1S/C16H13N3O3S/c1-10-4-6-11(7-5-10)14-18-15(22-19-14)12-3-2-8-17-16(12)23-9-13(20)21/h2-8H,9H2,1H3,(H,20,21). The van der Waals surface area contributed by atoms with Crippen molar-refractivity contribution >= 4 is 17.7 Å². The average molecular weight is 327 g/mol. The lowest BCUT2D eigenvalue weighted by molar-refractivity contribution is -0.133. The Kier molecular flexibility index (Phi) is 4.38. The normalized spacial score (nSPS) is 10.7. The number of benzene rings is 1. The second-order valence-corrected chi connectivity index (χ2v) is 5.79. The van der Waals surface area contributed by atoms with Gasteiger partial charge in [-0.05, 0) is 19.1 Å². The van der Waals surface area contributed by atoms with Crippen LogP contribution in [0, 0.1) is 6.92 Å². The lowest BCUT2D eigenvalue weighted by Gasteiger charge is -2.02. The number of nitrogens with zero attached hydrogens (tertiary/aromatic N) is 3. The highest BCUT2D eigenvalue weighted by atomic mass is 32.2. The van der Waals surface area contributed by atoms with Crippen molar-refractivity contribution in [2.45, 2.75) is 11.9 Å². The number of carbonyl (C=O) groups is 1. The maximum Gasteiger partial charge on any atom is 0.313 e. The number of rotatable bonds is 5. The highest BCUT2D eigenvalue weighted by molar-refractivity contribution is 8.00. The van der Waals surface area contributed by atoms with Gasteiger partial charge >= 0.3 is 5.97 Å². The molecule has 0 bridgehead atoms. The monoisotopic (exact) mass is 327 g/mol. The van der Waals surface area contributed by atoms with E-state index in [0.29, 0.717) is 22.3 Å². The highest BCUT2D eigenvalue weighted by Gasteiger charge is 2.15. The molecule has 0 spiro atoms. The van der Waals surface area contributed by atoms with Crippen LogP contribution >= 0.6 is 11.8 Å². The lowest BCUT2D eigenvalue weighted by atomic mass is 10.1. The van der Waals surface area contributed by atoms with E-state index in [1.807, 2.05) is 31.2 Å². The number of pyridine rings is 1. The molecule has 0 aliphatic carbocycles. The van der Waals surface area contributed by atoms with Crippen molar-refractivity contribution in [1.29, 1.82) is 0 Å². The number of carboxylic acids is 1. The van der Waals surface area contributed by atoms with Crippen LogP contribution in [0.4, 0.5) is 0 Å². The molecule has 1 N–H and O–H groups in total. The quantitative estimate of drug-likeness (QED) is 0.719. The Morgan fingerprint density at radius 3 is 2.78 bits per heavy atom. The van der Waals surface area contributed by atoms with Gasteiger partial charge in [0.2, 0.25) is 5.82 Å². The molecular formula is C16H13N3O3S. The lowest BCUT2D eigenvalue weighted by Crippen LogP contribution is -1.99. The van der Waals surface area contributed by atoms with E-state index < -0.39 is 5.97 Å². The molecule has 3 rings (SSSR count). The topological polar surface area (TPSA) is 89.1 Å². The van der Waals surface area contributed by atoms with E-state index in [0.717, 1.165) is 22.9 Å². The largest absolute Gasteiger partial charge is 0.481 e. The molecule has 1 aromatic carbocycles. The van der Waals surface area contributed by atoms with Gasteiger partial charge in [0, 0.05) is 11.8 Å². The Morgan fingerprint density at radius 1 is 1.26 bits per heavy atom. The molecule has 0 radical (unpaired) electrons. The van der Waals surface area contributed by atoms with E-state index in [1.165, 1.54) is 0 Å². The van der Waals surface area contributed by atoms with E-state index >= 15 is 0 Å². The van der Waals surface area contributed by atoms with E-state index in [1.54, 1.807) is 18.3 Å². The molecule has 23 heavy (non-hydrogen) atoms. The first-order valence-electron chi connectivity index (χ1n) is 6.84. The zero-order valence-electron chi connectivity index (χ0n) is 12.3. The number of aryl methyl sites for hydroxylation is 1. The van der Waals surface area contributed by atoms with Crippen molar-refractivity contribution in [3.63, 3.8) is 0 Å². The highest BCUT2D eigenvalue weighted by Crippen LogP contribution is 2.29. The van der Waals surface area contributed by atoms with Gasteiger partial charge in [-0.3, -0.25) is 4.79 Å². The summed E-state index contributed by atoms with van der Waals surface area (Å²) < 4.78 is 5.32. The Bertz CT molecular complexity index is 831. The molecular weight excluding hydrogens is 314 g/mol. The molecule has 0 amide bonds. The number of aromatic nitrogens is 3. The van der Waals surface area contributed by atoms with Crippen molar-refractivity contribution in [2.24, 2.45) is 0 Å². The molecule has 116 valence electrons. The molecule has 0 saturated heterocycles. The Morgan fingerprint density at radius 2 is 2.04 bits per heavy atom. The second-order valence-electron chi connectivity index (χ2n) is 4.83. The van der Waals surface area contributed by atoms with E-state index in [9.17, 15) is 4.79 Å². The number of thioether (sulfide) groups is 1. The van der Waals surface area contributed by atoms with Crippen LogP contribution in [-0.2, 0) is 4.79 Å². The summed E-state index contributed by atoms with van der Waals surface area (Å²) in [7, 11) is 0. The summed E-state index contributed by atoms with van der Waals surface area (Å²) in [5.41, 5.74) is 2.64. The Hall–Kier alpha value is -2.67. The fourth-order valence-corrected chi connectivity index (χ4v) is 2.66. The molecule has 2 aromatic heterocycles. The molecule has 6 nitrogen and oxygen atoms in total. The summed E-state index contributed by atoms with van der Waals surface area (Å²) >= 11 is 1.12. The van der Waals surface area contributed by atoms with Gasteiger partial charge in [-0.15, -0.1) is 0 Å². The second kappa shape index (κ2) is 6.62. The molecule has 0 atom stereocenters. The van der Waals surface area contributed by atoms with Gasteiger partial charge in [-0.25, -0.2) is 4.98 Å². The SMILES string of the molecule is Cc1ccc(-c2noc(-c3cccnc3SCC(=O)O)n2)cc1. The number of hydrogen-bond acceptors (Lipinski definition) is 6. The zero-order valence-corrected chi connectivity index (χ0v) is 13.1. The van der Waals surface area contributed by atoms with Gasteiger partial charge < -0.3 is 9.63 Å². The van der Waals surface area contributed by atoms with E-state index in [2.05, 4.69) is 15.1 Å². The average Bonchev–Trinajstić information content (AvgIpc) is 3.03. The molecule has 7 heteroatoms. The molecule has 0 aliphatic rings. The summed E-state index contributed by atoms with van der Waals surface area (Å²) in [5.74, 6) is -0.180. The molecule has 0 fully saturated rings. The molecule has 2 heterocycles. The summed E-state index contributed by atoms with van der Waals surface area (Å²) in [5, 5.41) is 13.4. The molecule has 3 aromatic rings. The van der Waals surface area contributed by atoms with E-state index in [-0.39, 0.29) is 5.75 Å². The minimum atomic E-state index is -0.905. The van der Waals surface area contributed by atoms with Crippen LogP contribution in [0.2, 0.25) is 0 Å². The number of hydrogen-bond donors (Lipinski definition) is 1. The fraction of sp³-hybridized carbons (Fsp3) is 0.125. The van der Waals surface area contributed by atoms with Crippen molar-refractivity contribution in [3.05, 3.63) is 48.2 Å². The van der Waals surface area contributed by atoms with Crippen LogP contribution in [0.25, 0.3) is 22.8 Å². The van der Waals surface area contributed by atoms with Crippen molar-refractivity contribution in [1.82, 2.24) is 15.1 Å². The molecule has 0 saturated carbocycles. The Labute approximate surface area is 136 Å². The van der Waals surface area contributed by atoms with Crippen LogP contribution < -0.4 is 0 Å². The number of carboxylic acid groups (broad SMARTS) is 1. The summed E-state index contributed by atoms with van der Waals surface area (Å²) in [6.07, 6.45) is 1.60. The minimum Gasteiger partial charge on any atom is -0.481 e. The first kappa shape index (κ1) is 15.2. The maximum absolute atomic E-state index is 10.7. The third kappa shape index (κ3) is 3.57. The third-order valence-electron chi connectivity index (χ3n) is 3.07. The van der Waals surface area contributed by atoms with Crippen LogP contribution in [-0.4, -0.2) is 32.0 Å². The molecule has 0 unspecified atom stereocenters. The van der Waals surface area contributed by atoms with Crippen molar-refractivity contribution in [3.8, 4) is 22.8 Å². The summed E-state index contributed by atoms with van der Waals surface area (Å²) in [4.78, 5) is 19.3. The minimum absolute atomic E-state index is 0.0804. The van der Waals surface area contributed by atoms with Crippen LogP contribution in [0.1, 0.15) is 5.56 Å². The van der Waals surface area contributed by atoms with Crippen molar-refractivity contribution in [2.75, 3.05) is 5.75 Å². The van der Waals surface area contributed by atoms with Gasteiger partial charge in [0.1, 0.15) is 5.03 Å². The van der Waals surface area contributed by atoms with Crippen LogP contribution in [0.15, 0.2) is 52.1 Å². The number of aliphatic carboxylic acids is 1. The predicted octanol–water partition coefficient (Wildman–Crippen LogP) is 3.28. The smallest absolute Gasteiger partial charge is 0.313 e. The summed E-state index contributed by atoms with van der Waals surface area (Å²) in [6, 6.07) is 11.3. The van der Waals surface area contributed by atoms with Crippen LogP contribution in [0.3, 0.4) is 0 Å². The zero-order chi connectivity index (χ0) is 16.2. The third-order valence-corrected chi connectivity index (χ3v) is 4.06. The van der Waals surface area contributed by atoms with Crippen LogP contribution in [0.5, 0.6) is 0 Å². The maximum atomic E-state index is 10.7. The summed E-state index contributed by atoms with van der Waals surface area (Å²) in [6.45, 7) is 2.01. The van der Waals surface area contributed by atoms with Gasteiger partial charge in [-0.2, -0.15) is 4.98 Å². The van der Waals surface area contributed by atoms with Gasteiger partial charge in [0.15, 0.2) is 0 Å². The van der Waals surface area contributed by atoms with Gasteiger partial charge in [0.25, 0.3) is 5.89 Å². The van der Waals surface area contributed by atoms with E-state index in [4.69, 9.17) is 9.63 Å². The van der Waals surface area contributed by atoms with Gasteiger partial charge in [-0.1, -0.05) is 46.7 Å². The van der Waals surface area contributed by atoms with Gasteiger partial charge in [0.05, 0.1) is 11.3 Å². The molecule has 0 aliphatic heterocycles.